The molecule has 108 valence electrons. The summed E-state index contributed by atoms with van der Waals surface area (Å²) in [7, 11) is 0. The molecule has 0 amide bonds. The fourth-order valence-corrected chi connectivity index (χ4v) is 1.43. The van der Waals surface area contributed by atoms with Crippen LogP contribution >= 0.6 is 0 Å². The van der Waals surface area contributed by atoms with Gasteiger partial charge < -0.3 is 32.0 Å². The summed E-state index contributed by atoms with van der Waals surface area (Å²) in [6.07, 6.45) is 1.38. The first-order chi connectivity index (χ1) is 8.91. The van der Waals surface area contributed by atoms with Crippen molar-refractivity contribution in [2.45, 2.75) is 6.92 Å². The Hall–Kier alpha value is -0.530. The van der Waals surface area contributed by atoms with E-state index < -0.39 is 0 Å². The van der Waals surface area contributed by atoms with Crippen molar-refractivity contribution in [2.24, 2.45) is 0 Å². The number of rotatable bonds is 15. The van der Waals surface area contributed by atoms with Crippen LogP contribution in [0.15, 0.2) is 0 Å². The van der Waals surface area contributed by atoms with E-state index in [1.807, 2.05) is 0 Å². The molecule has 0 saturated carbocycles. The molecular weight excluding hydrogens is 228 g/mol. The van der Waals surface area contributed by atoms with E-state index in [0.29, 0.717) is 6.54 Å². The third-order valence-electron chi connectivity index (χ3n) is 2.41. The summed E-state index contributed by atoms with van der Waals surface area (Å²) in [5.74, 6) is 0. The summed E-state index contributed by atoms with van der Waals surface area (Å²) in [6.45, 7) is 11.8. The van der Waals surface area contributed by atoms with Crippen LogP contribution in [0.3, 0.4) is 0 Å². The molecule has 0 fully saturated rings. The largest absolute Gasteiger partial charge is 0.316 e. The number of hydrogen-bond acceptors (Lipinski definition) is 6. The van der Waals surface area contributed by atoms with Crippen molar-refractivity contribution in [1.29, 1.82) is 5.41 Å². The van der Waals surface area contributed by atoms with Gasteiger partial charge in [0.2, 0.25) is 0 Å². The minimum absolute atomic E-state index is 0.665. The highest BCUT2D eigenvalue weighted by atomic mass is 15.0. The topological polar surface area (TPSA) is 84.0 Å². The molecule has 0 aliphatic carbocycles. The Labute approximate surface area is 111 Å². The highest BCUT2D eigenvalue weighted by Crippen LogP contribution is 1.63. The van der Waals surface area contributed by atoms with Gasteiger partial charge in [-0.15, -0.1) is 0 Å². The van der Waals surface area contributed by atoms with E-state index in [9.17, 15) is 0 Å². The lowest BCUT2D eigenvalue weighted by Crippen LogP contribution is -2.36. The lowest BCUT2D eigenvalue weighted by Gasteiger charge is -2.08. The van der Waals surface area contributed by atoms with E-state index in [1.165, 1.54) is 6.21 Å². The molecule has 0 radical (unpaired) electrons. The third kappa shape index (κ3) is 15.5. The molecule has 0 saturated heterocycles. The lowest BCUT2D eigenvalue weighted by atomic mass is 10.5. The highest BCUT2D eigenvalue weighted by molar-refractivity contribution is 5.55. The second-order valence-electron chi connectivity index (χ2n) is 4.01. The highest BCUT2D eigenvalue weighted by Gasteiger charge is 1.89. The van der Waals surface area contributed by atoms with Gasteiger partial charge in [-0.25, -0.2) is 0 Å². The zero-order valence-electron chi connectivity index (χ0n) is 11.6. The lowest BCUT2D eigenvalue weighted by molar-refractivity contribution is 0.565. The van der Waals surface area contributed by atoms with Crippen molar-refractivity contribution in [3.63, 3.8) is 0 Å². The van der Waals surface area contributed by atoms with Gasteiger partial charge in [-0.1, -0.05) is 6.92 Å². The van der Waals surface area contributed by atoms with Crippen LogP contribution in [0.1, 0.15) is 6.92 Å². The second kappa shape index (κ2) is 16.5. The van der Waals surface area contributed by atoms with Gasteiger partial charge in [-0.05, 0) is 6.54 Å². The molecule has 0 unspecified atom stereocenters. The Morgan fingerprint density at radius 3 is 1.44 bits per heavy atom. The third-order valence-corrected chi connectivity index (χ3v) is 2.41. The molecule has 0 aromatic carbocycles. The van der Waals surface area contributed by atoms with Gasteiger partial charge in [-0.3, -0.25) is 0 Å². The van der Waals surface area contributed by atoms with Gasteiger partial charge in [-0.2, -0.15) is 0 Å². The molecule has 0 aliphatic heterocycles. The van der Waals surface area contributed by atoms with Crippen LogP contribution in [0, 0.1) is 5.41 Å². The predicted octanol–water partition coefficient (Wildman–Crippen LogP) is -1.40. The molecule has 0 aliphatic rings. The van der Waals surface area contributed by atoms with E-state index in [4.69, 9.17) is 5.41 Å². The van der Waals surface area contributed by atoms with Crippen LogP contribution in [0.2, 0.25) is 0 Å². The van der Waals surface area contributed by atoms with E-state index in [0.717, 1.165) is 58.9 Å². The molecule has 0 heterocycles. The molecule has 0 rings (SSSR count). The molecule has 0 spiro atoms. The van der Waals surface area contributed by atoms with Crippen LogP contribution in [0.25, 0.3) is 0 Å². The summed E-state index contributed by atoms with van der Waals surface area (Å²) >= 11 is 0. The summed E-state index contributed by atoms with van der Waals surface area (Å²) in [5, 5.41) is 23.3. The molecule has 0 aromatic rings. The monoisotopic (exact) mass is 258 g/mol. The summed E-state index contributed by atoms with van der Waals surface area (Å²) in [4.78, 5) is 0. The Balaban J connectivity index is 2.88. The van der Waals surface area contributed by atoms with Gasteiger partial charge in [0, 0.05) is 65.1 Å². The van der Waals surface area contributed by atoms with E-state index in [1.54, 1.807) is 0 Å². The summed E-state index contributed by atoms with van der Waals surface area (Å²) in [6, 6.07) is 0. The van der Waals surface area contributed by atoms with Gasteiger partial charge in [0.15, 0.2) is 0 Å². The van der Waals surface area contributed by atoms with Crippen LogP contribution < -0.4 is 26.6 Å². The van der Waals surface area contributed by atoms with Crippen LogP contribution in [0.4, 0.5) is 0 Å². The fraction of sp³-hybridized carbons (Fsp3) is 0.917. The van der Waals surface area contributed by atoms with Crippen molar-refractivity contribution >= 4 is 6.21 Å². The molecule has 6 nitrogen and oxygen atoms in total. The molecule has 18 heavy (non-hydrogen) atoms. The Kier molecular flexibility index (Phi) is 16.0. The van der Waals surface area contributed by atoms with Crippen LogP contribution in [0.5, 0.6) is 0 Å². The normalized spacial score (nSPS) is 10.7. The zero-order valence-corrected chi connectivity index (χ0v) is 11.6. The summed E-state index contributed by atoms with van der Waals surface area (Å²) in [5.41, 5.74) is 0. The van der Waals surface area contributed by atoms with Crippen LogP contribution in [-0.2, 0) is 0 Å². The van der Waals surface area contributed by atoms with Gasteiger partial charge in [0.1, 0.15) is 0 Å². The van der Waals surface area contributed by atoms with E-state index in [2.05, 4.69) is 33.5 Å². The minimum atomic E-state index is 0.665. The van der Waals surface area contributed by atoms with Gasteiger partial charge in [0.05, 0.1) is 0 Å². The smallest absolute Gasteiger partial charge is 0.0302 e. The second-order valence-corrected chi connectivity index (χ2v) is 4.01. The van der Waals surface area contributed by atoms with Crippen LogP contribution in [-0.4, -0.2) is 71.7 Å². The SMILES string of the molecule is CCNCCNCCNCCNCCNCC=N. The zero-order chi connectivity index (χ0) is 13.3. The maximum atomic E-state index is 6.84. The number of likely N-dealkylation sites (N-methyl/N-ethyl adjacent to an activating group) is 1. The average Bonchev–Trinajstić information content (AvgIpc) is 2.39. The van der Waals surface area contributed by atoms with Gasteiger partial charge >= 0.3 is 0 Å². The Morgan fingerprint density at radius 1 is 0.667 bits per heavy atom. The van der Waals surface area contributed by atoms with Crippen molar-refractivity contribution < 1.29 is 0 Å². The predicted molar refractivity (Wildman–Crippen MR) is 78.8 cm³/mol. The van der Waals surface area contributed by atoms with Crippen molar-refractivity contribution in [1.82, 2.24) is 26.6 Å². The average molecular weight is 258 g/mol. The first kappa shape index (κ1) is 17.5. The first-order valence-corrected chi connectivity index (χ1v) is 6.94. The Morgan fingerprint density at radius 2 is 1.06 bits per heavy atom. The molecular formula is C12H30N6. The molecule has 6 heteroatoms. The van der Waals surface area contributed by atoms with E-state index >= 15 is 0 Å². The maximum absolute atomic E-state index is 6.84. The number of nitrogens with one attached hydrogen (secondary N) is 6. The molecule has 0 aromatic heterocycles. The molecule has 0 atom stereocenters. The van der Waals surface area contributed by atoms with Gasteiger partial charge in [0.25, 0.3) is 0 Å². The first-order valence-electron chi connectivity index (χ1n) is 6.94. The van der Waals surface area contributed by atoms with Crippen molar-refractivity contribution in [3.8, 4) is 0 Å². The van der Waals surface area contributed by atoms with Crippen molar-refractivity contribution in [2.75, 3.05) is 65.4 Å². The maximum Gasteiger partial charge on any atom is 0.0302 e. The quantitative estimate of drug-likeness (QED) is 0.161. The Bertz CT molecular complexity index is 165. The minimum Gasteiger partial charge on any atom is -0.316 e. The standard InChI is InChI=1S/C12H30N6/c1-2-14-5-6-16-9-10-18-12-11-17-8-7-15-4-3-13/h3,13-18H,2,4-12H2,1H3. The van der Waals surface area contributed by atoms with Crippen molar-refractivity contribution in [3.05, 3.63) is 0 Å². The fourth-order valence-electron chi connectivity index (χ4n) is 1.43. The molecule has 0 bridgehead atoms. The number of hydrogen-bond donors (Lipinski definition) is 6. The van der Waals surface area contributed by atoms with E-state index in [-0.39, 0.29) is 0 Å². The summed E-state index contributed by atoms with van der Waals surface area (Å²) < 4.78 is 0. The molecule has 6 N–H and O–H groups in total.